The van der Waals surface area contributed by atoms with Crippen molar-refractivity contribution in [3.05, 3.63) is 11.6 Å². The molecule has 640 valence electrons. The predicted octanol–water partition coefficient (Wildman–Crippen LogP) is -3.16. The highest BCUT2D eigenvalue weighted by atomic mass is 16.8. The quantitative estimate of drug-likeness (QED) is 0.0159. The second-order valence-electron chi connectivity index (χ2n) is 35.2. The average Bonchev–Trinajstić information content (AvgIpc) is 0.669. The van der Waals surface area contributed by atoms with E-state index < -0.39 is 279 Å². The number of fused-ring (bicyclic) bond motifs is 7. The van der Waals surface area contributed by atoms with Crippen molar-refractivity contribution in [2.24, 2.45) is 50.2 Å². The molecule has 6 heterocycles. The summed E-state index contributed by atoms with van der Waals surface area (Å²) in [7, 11) is 0. The number of hydrogen-bond acceptors (Lipinski definition) is 32. The molecule has 36 nitrogen and oxygen atoms in total. The third-order valence-corrected chi connectivity index (χ3v) is 27.8. The smallest absolute Gasteiger partial charge is 0.335 e. The summed E-state index contributed by atoms with van der Waals surface area (Å²) in [5.74, 6) is -5.22. The molecule has 4 saturated carbocycles. The first-order chi connectivity index (χ1) is 52.8. The summed E-state index contributed by atoms with van der Waals surface area (Å²) >= 11 is 0. The second-order valence-corrected chi connectivity index (χ2v) is 35.2. The first kappa shape index (κ1) is 89.0. The van der Waals surface area contributed by atoms with Gasteiger partial charge in [0.1, 0.15) is 122 Å². The Kier molecular flexibility index (Phi) is 28.3. The van der Waals surface area contributed by atoms with Crippen LogP contribution in [-0.4, -0.2) is 332 Å². The van der Waals surface area contributed by atoms with Gasteiger partial charge in [0.25, 0.3) is 0 Å². The van der Waals surface area contributed by atoms with Gasteiger partial charge in [-0.2, -0.15) is 0 Å². The van der Waals surface area contributed by atoms with Crippen LogP contribution in [0.15, 0.2) is 11.6 Å². The number of amides is 2. The van der Waals surface area contributed by atoms with Gasteiger partial charge in [0.15, 0.2) is 43.8 Å². The first-order valence-corrected chi connectivity index (χ1v) is 39.9. The van der Waals surface area contributed by atoms with Crippen LogP contribution in [0.4, 0.5) is 0 Å². The summed E-state index contributed by atoms with van der Waals surface area (Å²) in [6.07, 6.45) is -39.8. The fourth-order valence-electron chi connectivity index (χ4n) is 21.0. The molecule has 0 aromatic rings. The molecule has 10 fully saturated rings. The number of hydrogen-bond donors (Lipinski definition) is 20. The maximum Gasteiger partial charge on any atom is 0.335 e. The van der Waals surface area contributed by atoms with Crippen LogP contribution in [0.3, 0.4) is 0 Å². The molecule has 0 radical (unpaired) electrons. The monoisotopic (exact) mass is 1610 g/mol. The lowest BCUT2D eigenvalue weighted by Crippen LogP contribution is -2.72. The molecule has 11 aliphatic rings. The van der Waals surface area contributed by atoms with Crippen LogP contribution < -0.4 is 10.6 Å². The van der Waals surface area contributed by atoms with E-state index in [2.05, 4.69) is 51.3 Å². The fraction of sp³-hybridized carbons (Fsp3) is 0.908. The van der Waals surface area contributed by atoms with E-state index in [1.807, 2.05) is 0 Å². The number of nitrogens with one attached hydrogen (secondary N) is 2. The molecule has 6 aliphatic heterocycles. The van der Waals surface area contributed by atoms with Crippen molar-refractivity contribution >= 4 is 30.0 Å². The predicted molar refractivity (Wildman–Crippen MR) is 379 cm³/mol. The lowest BCUT2D eigenvalue weighted by Gasteiger charge is -2.71. The van der Waals surface area contributed by atoms with E-state index in [0.717, 1.165) is 44.0 Å². The van der Waals surface area contributed by atoms with Crippen LogP contribution in [-0.2, 0) is 76.1 Å². The van der Waals surface area contributed by atoms with Crippen molar-refractivity contribution < 1.29 is 168 Å². The SMILES string of the molecule is CC1O[C@@H](OC2C(O)[C@@H](NC(=O)CCCCCCCCCCC(=O)O)C(CO)O[C@@H]2NC(=O)[C@]23CCC(C)(C)CC2C2=CCC4C5(C)CC[C@H](O[C@@H]6OC(C(=O)O)[C@@H](O)[C@H](O[C@@H]7OC[C@@H](O)[C@H](O)C7O)C6O[C@@H]6OC(CO)[C@H](O)[C@H](O)C6O)[C@](C)(C=O)[C@@H]5CC[C@]4(C)[C@]2(C)CC3O)C(O)C(O)[C@H]1O[C@@H]1OC[C@@H](O)C(O)C1O. The van der Waals surface area contributed by atoms with Crippen LogP contribution in [0.25, 0.3) is 0 Å². The molecule has 38 atom stereocenters. The Bertz CT molecular complexity index is 3250. The Morgan fingerprint density at radius 2 is 1.09 bits per heavy atom. The lowest BCUT2D eigenvalue weighted by atomic mass is 9.33. The molecule has 11 rings (SSSR count). The standard InChI is InChI=1S/C76H122N2O34/c1-33-58(108-65-53(94)47(88)36(82)30-102-65)52(93)56(97)67(104-33)110-60-50(91)46(77-44(85)16-14-12-10-8-9-11-13-15-17-45(86)87)38(28-79)105-63(60)78-70(101)76-25-24-71(2,3)26-35(76)34-18-19-41-72(4)22-21-43(73(5,32-81)40(72)20-23-74(41,6)75(34,7)27-42(76)84)107-69-62(112-68-55(96)51(92)49(90)39(29-80)106-68)59(57(98)61(111-69)64(99)100)109-66-54(95)48(89)37(83)31-103-66/h18,32-33,35-43,46-63,65-69,79-80,82-84,88-98H,8-17,19-31H2,1-7H3,(H,77,85)(H,78,101)(H,86,87)(H,99,100)/t33?,35?,36-,37-,38?,39?,40-,41?,42?,43+,46+,47?,48+,49+,50?,51+,52?,53?,54?,55?,56?,57+,58+,59+,60?,61?,62?,63+,65+,66+,67+,68+,69-,72?,73-,74+,75-,76-/m1/s1. The number of aliphatic carboxylic acids is 2. The van der Waals surface area contributed by atoms with Crippen LogP contribution in [0, 0.1) is 50.2 Å². The zero-order valence-corrected chi connectivity index (χ0v) is 64.6. The van der Waals surface area contributed by atoms with Gasteiger partial charge in [0.05, 0.1) is 61.6 Å². The minimum Gasteiger partial charge on any atom is -0.481 e. The molecule has 20 N–H and O–H groups in total. The Labute approximate surface area is 649 Å². The van der Waals surface area contributed by atoms with Crippen molar-refractivity contribution in [3.8, 4) is 0 Å². The van der Waals surface area contributed by atoms with E-state index in [9.17, 15) is 106 Å². The minimum atomic E-state index is -2.23. The molecule has 0 bridgehead atoms. The highest BCUT2D eigenvalue weighted by molar-refractivity contribution is 5.85. The topological polar surface area (TPSA) is 575 Å². The number of carboxylic acid groups (broad SMARTS) is 2. The molecule has 0 spiro atoms. The molecule has 2 amide bonds. The molecule has 5 aliphatic carbocycles. The summed E-state index contributed by atoms with van der Waals surface area (Å²) in [6, 6.07) is -1.42. The Morgan fingerprint density at radius 1 is 0.527 bits per heavy atom. The highest BCUT2D eigenvalue weighted by Crippen LogP contribution is 2.76. The number of rotatable bonds is 28. The lowest BCUT2D eigenvalue weighted by molar-refractivity contribution is -0.391. The first-order valence-electron chi connectivity index (χ1n) is 39.9. The van der Waals surface area contributed by atoms with Crippen molar-refractivity contribution in [2.75, 3.05) is 26.4 Å². The molecular weight excluding hydrogens is 1480 g/mol. The summed E-state index contributed by atoms with van der Waals surface area (Å²) < 4.78 is 66.7. The highest BCUT2D eigenvalue weighted by Gasteiger charge is 2.73. The minimum absolute atomic E-state index is 0.00132. The summed E-state index contributed by atoms with van der Waals surface area (Å²) in [6.45, 7) is 11.0. The Hall–Kier alpha value is -3.79. The molecule has 6 saturated heterocycles. The van der Waals surface area contributed by atoms with Gasteiger partial charge in [0, 0.05) is 12.8 Å². The molecular formula is C76H122N2O34. The second kappa shape index (κ2) is 35.6. The van der Waals surface area contributed by atoms with Crippen molar-refractivity contribution in [1.29, 1.82) is 0 Å². The van der Waals surface area contributed by atoms with E-state index in [1.165, 1.54) is 6.92 Å². The van der Waals surface area contributed by atoms with Gasteiger partial charge < -0.3 is 159 Å². The van der Waals surface area contributed by atoms with Gasteiger partial charge in [-0.15, -0.1) is 0 Å². The molecule has 17 unspecified atom stereocenters. The van der Waals surface area contributed by atoms with Crippen molar-refractivity contribution in [3.63, 3.8) is 0 Å². The van der Waals surface area contributed by atoms with Crippen molar-refractivity contribution in [1.82, 2.24) is 10.6 Å². The maximum absolute atomic E-state index is 16.2. The summed E-state index contributed by atoms with van der Waals surface area (Å²) in [5.41, 5.74) is -4.81. The number of allylic oxidation sites excluding steroid dienone is 2. The molecule has 112 heavy (non-hydrogen) atoms. The van der Waals surface area contributed by atoms with Gasteiger partial charge in [-0.1, -0.05) is 91.7 Å². The van der Waals surface area contributed by atoms with E-state index >= 15 is 4.79 Å². The molecule has 0 aromatic carbocycles. The van der Waals surface area contributed by atoms with Crippen LogP contribution in [0.1, 0.15) is 170 Å². The van der Waals surface area contributed by atoms with Crippen LogP contribution in [0.2, 0.25) is 0 Å². The third-order valence-electron chi connectivity index (χ3n) is 27.8. The average molecular weight is 1610 g/mol. The van der Waals surface area contributed by atoms with E-state index in [-0.39, 0.29) is 38.0 Å². The number of aldehydes is 1. The van der Waals surface area contributed by atoms with E-state index in [0.29, 0.717) is 57.8 Å². The molecule has 0 aromatic heterocycles. The third kappa shape index (κ3) is 17.0. The Morgan fingerprint density at radius 3 is 1.69 bits per heavy atom. The molecule has 36 heteroatoms. The zero-order chi connectivity index (χ0) is 81.8. The number of aliphatic hydroxyl groups is 16. The van der Waals surface area contributed by atoms with Gasteiger partial charge in [-0.05, 0) is 117 Å². The maximum atomic E-state index is 16.2. The summed E-state index contributed by atoms with van der Waals surface area (Å²) in [4.78, 5) is 68.3. The van der Waals surface area contributed by atoms with Gasteiger partial charge >= 0.3 is 11.9 Å². The van der Waals surface area contributed by atoms with Gasteiger partial charge in [-0.3, -0.25) is 14.4 Å². The number of carbonyl (C=O) groups excluding carboxylic acids is 3. The van der Waals surface area contributed by atoms with Crippen LogP contribution >= 0.6 is 0 Å². The van der Waals surface area contributed by atoms with E-state index in [1.54, 1.807) is 6.92 Å². The van der Waals surface area contributed by atoms with E-state index in [4.69, 9.17) is 57.2 Å². The van der Waals surface area contributed by atoms with Gasteiger partial charge in [-0.25, -0.2) is 4.79 Å². The number of unbranched alkanes of at least 4 members (excludes halogenated alkanes) is 7. The van der Waals surface area contributed by atoms with Gasteiger partial charge in [0.2, 0.25) is 11.8 Å². The number of aliphatic hydroxyl groups excluding tert-OH is 16. The zero-order valence-electron chi connectivity index (χ0n) is 64.6. The summed E-state index contributed by atoms with van der Waals surface area (Å²) in [5, 5.41) is 204. The van der Waals surface area contributed by atoms with Crippen LogP contribution in [0.5, 0.6) is 0 Å². The largest absolute Gasteiger partial charge is 0.481 e. The number of carboxylic acids is 2. The normalized spacial score (nSPS) is 48.8. The van der Waals surface area contributed by atoms with Crippen molar-refractivity contribution in [2.45, 2.75) is 355 Å². The fourth-order valence-corrected chi connectivity index (χ4v) is 21.0. The number of ether oxygens (including phenoxy) is 11. The number of carbonyl (C=O) groups is 5. The Balaban J connectivity index is 0.854.